The smallest absolute Gasteiger partial charge is 0.726 e. The Morgan fingerprint density at radius 2 is 0.939 bits per heavy atom. The summed E-state index contributed by atoms with van der Waals surface area (Å²) in [7, 11) is -4.48. The summed E-state index contributed by atoms with van der Waals surface area (Å²) in [6.07, 6.45) is 22.9. The summed E-state index contributed by atoms with van der Waals surface area (Å²) < 4.78 is 34.5. The molecule has 0 unspecified atom stereocenters. The Balaban J connectivity index is -0.000000244. The Bertz CT molecular complexity index is 478. The van der Waals surface area contributed by atoms with Crippen LogP contribution in [0.2, 0.25) is 0 Å². The molecule has 6 nitrogen and oxygen atoms in total. The van der Waals surface area contributed by atoms with Crippen molar-refractivity contribution in [2.45, 2.75) is 142 Å². The molecule has 0 aromatic heterocycles. The third-order valence-corrected chi connectivity index (χ3v) is 5.67. The zero-order valence-electron chi connectivity index (χ0n) is 22.2. The van der Waals surface area contributed by atoms with Gasteiger partial charge in [0.2, 0.25) is 10.4 Å². The molecule has 0 radical (unpaired) electrons. The van der Waals surface area contributed by atoms with Crippen LogP contribution >= 0.6 is 0 Å². The number of carbonyl (C=O) groups excluding carboxylic acids is 1. The van der Waals surface area contributed by atoms with Crippen molar-refractivity contribution in [1.82, 2.24) is 0 Å². The van der Waals surface area contributed by atoms with Gasteiger partial charge >= 0.3 is 80.9 Å². The largest absolute Gasteiger partial charge is 1.00 e. The predicted octanol–water partition coefficient (Wildman–Crippen LogP) is 0.0493. The number of rotatable bonds is 22. The molecule has 0 saturated carbocycles. The molecule has 0 N–H and O–H groups in total. The van der Waals surface area contributed by atoms with Crippen LogP contribution in [-0.2, 0) is 19.4 Å². The minimum absolute atomic E-state index is 0. The summed E-state index contributed by atoms with van der Waals surface area (Å²) in [6, 6.07) is 0. The fourth-order valence-corrected chi connectivity index (χ4v) is 3.65. The molecule has 0 aromatic carbocycles. The van der Waals surface area contributed by atoms with E-state index in [1.807, 2.05) is 0 Å². The average molecular weight is 527 g/mol. The molecule has 0 atom stereocenters. The van der Waals surface area contributed by atoms with Crippen LogP contribution in [0.15, 0.2) is 0 Å². The van der Waals surface area contributed by atoms with Gasteiger partial charge in [-0.15, -0.1) is 0 Å². The minimum atomic E-state index is -4.48. The molecule has 0 fully saturated rings. The first-order valence-electron chi connectivity index (χ1n) is 12.6. The van der Waals surface area contributed by atoms with Gasteiger partial charge in [0, 0.05) is 5.97 Å². The van der Waals surface area contributed by atoms with E-state index >= 15 is 0 Å². The molecule has 188 valence electrons. The molecular weight excluding hydrogens is 478 g/mol. The quantitative estimate of drug-likeness (QED) is 0.0854. The molecule has 0 heterocycles. The molecule has 33 heavy (non-hydrogen) atoms. The normalized spacial score (nSPS) is 10.5. The summed E-state index contributed by atoms with van der Waals surface area (Å²) in [5.74, 6) is -0.909. The molecular formula is C24H48KNaO6S. The third-order valence-electron chi connectivity index (χ3n) is 5.21. The van der Waals surface area contributed by atoms with Gasteiger partial charge in [-0.3, -0.25) is 4.18 Å². The van der Waals surface area contributed by atoms with Crippen molar-refractivity contribution in [3.8, 4) is 0 Å². The predicted molar refractivity (Wildman–Crippen MR) is 124 cm³/mol. The van der Waals surface area contributed by atoms with Gasteiger partial charge in [-0.25, -0.2) is 8.42 Å². The molecule has 0 spiro atoms. The van der Waals surface area contributed by atoms with Crippen molar-refractivity contribution >= 4 is 16.4 Å². The molecule has 0 saturated heterocycles. The maximum Gasteiger partial charge on any atom is 1.00 e. The molecule has 0 bridgehead atoms. The van der Waals surface area contributed by atoms with E-state index in [4.69, 9.17) is 0 Å². The van der Waals surface area contributed by atoms with Gasteiger partial charge in [0.15, 0.2) is 0 Å². The van der Waals surface area contributed by atoms with Crippen LogP contribution in [0.4, 0.5) is 0 Å². The van der Waals surface area contributed by atoms with Gasteiger partial charge in [-0.1, -0.05) is 123 Å². The molecule has 9 heteroatoms. The second kappa shape index (κ2) is 34.0. The standard InChI is InChI=1S/C12H26O4S.C12H24O2.K.Na/c1-2-3-4-5-6-7-8-9-10-11-12-16-17(13,14)15;1-2-3-4-5-6-7-8-9-10-11-12(13)14;;/h2-12H2,1H3,(H,13,14,15);2-11H2,1H3,(H,13,14);;/q;;2*+1/p-2. The van der Waals surface area contributed by atoms with Crippen LogP contribution < -0.4 is 86.0 Å². The van der Waals surface area contributed by atoms with E-state index in [1.165, 1.54) is 89.9 Å². The van der Waals surface area contributed by atoms with Crippen LogP contribution in [0.3, 0.4) is 0 Å². The van der Waals surface area contributed by atoms with Crippen molar-refractivity contribution in [3.05, 3.63) is 0 Å². The topological polar surface area (TPSA) is 107 Å². The Hall–Kier alpha value is 1.98. The number of hydrogen-bond acceptors (Lipinski definition) is 6. The van der Waals surface area contributed by atoms with E-state index in [2.05, 4.69) is 18.0 Å². The number of unbranched alkanes of at least 4 members (excludes halogenated alkanes) is 17. The monoisotopic (exact) mass is 526 g/mol. The van der Waals surface area contributed by atoms with Crippen LogP contribution in [0.5, 0.6) is 0 Å². The van der Waals surface area contributed by atoms with Crippen molar-refractivity contribution in [1.29, 1.82) is 0 Å². The Labute approximate surface area is 269 Å². The van der Waals surface area contributed by atoms with E-state index in [0.29, 0.717) is 6.42 Å². The summed E-state index contributed by atoms with van der Waals surface area (Å²) in [4.78, 5) is 10.1. The SMILES string of the molecule is CCCCCCCCCCCC(=O)[O-].CCCCCCCCCCCCOS(=O)(=O)[O-].[K+].[Na+]. The fraction of sp³-hybridized carbons (Fsp3) is 0.958. The van der Waals surface area contributed by atoms with Gasteiger partial charge in [0.25, 0.3) is 0 Å². The molecule has 0 amide bonds. The van der Waals surface area contributed by atoms with Gasteiger partial charge in [-0.2, -0.15) is 0 Å². The summed E-state index contributed by atoms with van der Waals surface area (Å²) in [6.45, 7) is 4.46. The van der Waals surface area contributed by atoms with E-state index in [1.54, 1.807) is 0 Å². The van der Waals surface area contributed by atoms with Crippen molar-refractivity contribution in [2.24, 2.45) is 0 Å². The summed E-state index contributed by atoms with van der Waals surface area (Å²) in [5, 5.41) is 10.1. The second-order valence-electron chi connectivity index (χ2n) is 8.36. The van der Waals surface area contributed by atoms with E-state index in [-0.39, 0.29) is 94.0 Å². The number of hydrogen-bond donors (Lipinski definition) is 0. The Morgan fingerprint density at radius 3 is 1.24 bits per heavy atom. The molecule has 0 aliphatic carbocycles. The van der Waals surface area contributed by atoms with Crippen LogP contribution in [0, 0.1) is 0 Å². The number of carboxylic acid groups (broad SMARTS) is 1. The van der Waals surface area contributed by atoms with Crippen molar-refractivity contribution < 1.29 is 108 Å². The zero-order valence-corrected chi connectivity index (χ0v) is 28.1. The molecule has 0 aromatic rings. The molecule has 0 aliphatic rings. The molecule has 0 aliphatic heterocycles. The van der Waals surface area contributed by atoms with Crippen LogP contribution in [0.25, 0.3) is 0 Å². The van der Waals surface area contributed by atoms with Crippen LogP contribution in [-0.4, -0.2) is 25.5 Å². The van der Waals surface area contributed by atoms with Gasteiger partial charge < -0.3 is 14.5 Å². The zero-order chi connectivity index (χ0) is 23.6. The summed E-state index contributed by atoms with van der Waals surface area (Å²) in [5.41, 5.74) is 0. The number of carboxylic acids is 1. The fourth-order valence-electron chi connectivity index (χ4n) is 3.33. The van der Waals surface area contributed by atoms with E-state index in [9.17, 15) is 22.9 Å². The van der Waals surface area contributed by atoms with Gasteiger partial charge in [-0.05, 0) is 19.3 Å². The van der Waals surface area contributed by atoms with Crippen molar-refractivity contribution in [2.75, 3.05) is 6.61 Å². The number of aliphatic carboxylic acids is 1. The third kappa shape index (κ3) is 47.7. The van der Waals surface area contributed by atoms with E-state index < -0.39 is 16.4 Å². The first-order chi connectivity index (χ1) is 14.8. The first kappa shape index (κ1) is 42.1. The van der Waals surface area contributed by atoms with Crippen molar-refractivity contribution in [3.63, 3.8) is 0 Å². The average Bonchev–Trinajstić information content (AvgIpc) is 2.70. The Kier molecular flexibility index (Phi) is 43.3. The van der Waals surface area contributed by atoms with E-state index in [0.717, 1.165) is 25.7 Å². The number of carbonyl (C=O) groups is 1. The maximum atomic E-state index is 10.1. The van der Waals surface area contributed by atoms with Gasteiger partial charge in [0.1, 0.15) is 0 Å². The van der Waals surface area contributed by atoms with Crippen LogP contribution in [0.1, 0.15) is 142 Å². The Morgan fingerprint density at radius 1 is 0.636 bits per heavy atom. The van der Waals surface area contributed by atoms with Gasteiger partial charge in [0.05, 0.1) is 6.61 Å². The first-order valence-corrected chi connectivity index (χ1v) is 14.0. The molecule has 0 rings (SSSR count). The maximum absolute atomic E-state index is 10.1. The summed E-state index contributed by atoms with van der Waals surface area (Å²) >= 11 is 0. The second-order valence-corrected chi connectivity index (χ2v) is 9.41. The minimum Gasteiger partial charge on any atom is -0.726 e.